The molecule has 1 N–H and O–H groups in total. The van der Waals surface area contributed by atoms with E-state index in [0.29, 0.717) is 6.04 Å². The monoisotopic (exact) mass is 259 g/mol. The van der Waals surface area contributed by atoms with E-state index in [1.807, 2.05) is 18.0 Å². The molecule has 1 heterocycles. The highest BCUT2D eigenvalue weighted by molar-refractivity contribution is 7.98. The zero-order valence-corrected chi connectivity index (χ0v) is 12.1. The molecule has 0 aromatic carbocycles. The average molecular weight is 259 g/mol. The van der Waals surface area contributed by atoms with Gasteiger partial charge >= 0.3 is 0 Å². The van der Waals surface area contributed by atoms with Crippen molar-refractivity contribution in [3.05, 3.63) is 11.1 Å². The fraction of sp³-hybridized carbons (Fsp3) is 0.727. The lowest BCUT2D eigenvalue weighted by Crippen LogP contribution is -2.19. The minimum atomic E-state index is 0.408. The highest BCUT2D eigenvalue weighted by Crippen LogP contribution is 2.26. The third-order valence-electron chi connectivity index (χ3n) is 2.41. The number of nitrogens with zero attached hydrogens (tertiary/aromatic N) is 2. The van der Waals surface area contributed by atoms with Crippen LogP contribution >= 0.6 is 23.1 Å². The quantitative estimate of drug-likeness (QED) is 0.815. The summed E-state index contributed by atoms with van der Waals surface area (Å²) in [6, 6.07) is 0.408. The van der Waals surface area contributed by atoms with E-state index in [4.69, 9.17) is 0 Å². The molecule has 0 radical (unpaired) electrons. The van der Waals surface area contributed by atoms with Crippen molar-refractivity contribution in [1.82, 2.24) is 10.3 Å². The average Bonchev–Trinajstić information content (AvgIpc) is 2.75. The van der Waals surface area contributed by atoms with Crippen molar-refractivity contribution in [2.75, 3.05) is 37.0 Å². The van der Waals surface area contributed by atoms with Gasteiger partial charge in [0.2, 0.25) is 0 Å². The molecule has 0 bridgehead atoms. The van der Waals surface area contributed by atoms with Crippen LogP contribution in [-0.2, 0) is 0 Å². The summed E-state index contributed by atoms with van der Waals surface area (Å²) < 4.78 is 0. The van der Waals surface area contributed by atoms with Crippen LogP contribution in [0, 0.1) is 0 Å². The minimum Gasteiger partial charge on any atom is -0.350 e. The first-order chi connectivity index (χ1) is 7.69. The molecule has 1 rings (SSSR count). The zero-order chi connectivity index (χ0) is 12.0. The molecule has 92 valence electrons. The Morgan fingerprint density at radius 1 is 1.62 bits per heavy atom. The van der Waals surface area contributed by atoms with Gasteiger partial charge < -0.3 is 10.2 Å². The summed E-state index contributed by atoms with van der Waals surface area (Å²) in [7, 11) is 2.11. The Labute approximate surface area is 107 Å². The van der Waals surface area contributed by atoms with E-state index in [-0.39, 0.29) is 0 Å². The van der Waals surface area contributed by atoms with Crippen molar-refractivity contribution in [3.63, 3.8) is 0 Å². The molecule has 0 aliphatic heterocycles. The normalized spacial score (nSPS) is 12.8. The summed E-state index contributed by atoms with van der Waals surface area (Å²) >= 11 is 3.65. The third kappa shape index (κ3) is 3.96. The molecule has 0 spiro atoms. The molecule has 0 amide bonds. The zero-order valence-electron chi connectivity index (χ0n) is 10.5. The lowest BCUT2D eigenvalue weighted by atomic mass is 10.3. The Hall–Kier alpha value is -0.260. The maximum absolute atomic E-state index is 4.47. The van der Waals surface area contributed by atoms with Crippen molar-refractivity contribution >= 4 is 28.2 Å². The van der Waals surface area contributed by atoms with Gasteiger partial charge in [0, 0.05) is 36.5 Å². The molecule has 1 aromatic heterocycles. The van der Waals surface area contributed by atoms with E-state index in [9.17, 15) is 0 Å². The molecule has 5 heteroatoms. The SMILES string of the molecule is CCNC(C)c1cnc(N(C)CCSC)s1. The minimum absolute atomic E-state index is 0.408. The second-order valence-corrected chi connectivity index (χ2v) is 5.77. The topological polar surface area (TPSA) is 28.2 Å². The summed E-state index contributed by atoms with van der Waals surface area (Å²) in [5.41, 5.74) is 0. The third-order valence-corrected chi connectivity index (χ3v) is 4.29. The second-order valence-electron chi connectivity index (χ2n) is 3.74. The number of nitrogens with one attached hydrogen (secondary N) is 1. The number of aromatic nitrogens is 1. The molecule has 3 nitrogen and oxygen atoms in total. The largest absolute Gasteiger partial charge is 0.350 e. The Morgan fingerprint density at radius 3 is 3.00 bits per heavy atom. The van der Waals surface area contributed by atoms with E-state index < -0.39 is 0 Å². The summed E-state index contributed by atoms with van der Waals surface area (Å²) in [5.74, 6) is 1.15. The van der Waals surface area contributed by atoms with Gasteiger partial charge in [-0.05, 0) is 19.7 Å². The Morgan fingerprint density at radius 2 is 2.38 bits per heavy atom. The van der Waals surface area contributed by atoms with E-state index in [1.54, 1.807) is 11.3 Å². The standard InChI is InChI=1S/C11H21N3S2/c1-5-12-9(2)10-8-13-11(16-10)14(3)6-7-15-4/h8-9,12H,5-7H2,1-4H3. The smallest absolute Gasteiger partial charge is 0.185 e. The molecule has 1 aromatic rings. The lowest BCUT2D eigenvalue weighted by molar-refractivity contribution is 0.606. The predicted molar refractivity (Wildman–Crippen MR) is 75.9 cm³/mol. The molecular formula is C11H21N3S2. The number of thioether (sulfide) groups is 1. The van der Waals surface area contributed by atoms with E-state index in [0.717, 1.165) is 24.0 Å². The van der Waals surface area contributed by atoms with Gasteiger partial charge in [-0.1, -0.05) is 6.92 Å². The van der Waals surface area contributed by atoms with Crippen LogP contribution < -0.4 is 10.2 Å². The van der Waals surface area contributed by atoms with Crippen molar-refractivity contribution in [1.29, 1.82) is 0 Å². The van der Waals surface area contributed by atoms with Crippen molar-refractivity contribution in [2.24, 2.45) is 0 Å². The summed E-state index contributed by atoms with van der Waals surface area (Å²) in [6.45, 7) is 6.37. The molecular weight excluding hydrogens is 238 g/mol. The molecule has 0 aliphatic carbocycles. The second kappa shape index (κ2) is 7.14. The van der Waals surface area contributed by atoms with Crippen molar-refractivity contribution in [2.45, 2.75) is 19.9 Å². The number of hydrogen-bond acceptors (Lipinski definition) is 5. The van der Waals surface area contributed by atoms with Crippen LogP contribution in [0.2, 0.25) is 0 Å². The van der Waals surface area contributed by atoms with Crippen LogP contribution in [0.25, 0.3) is 0 Å². The van der Waals surface area contributed by atoms with Crippen LogP contribution in [0.1, 0.15) is 24.8 Å². The molecule has 0 saturated carbocycles. The predicted octanol–water partition coefficient (Wildman–Crippen LogP) is 2.61. The van der Waals surface area contributed by atoms with Gasteiger partial charge in [-0.25, -0.2) is 4.98 Å². The van der Waals surface area contributed by atoms with Gasteiger partial charge in [-0.15, -0.1) is 11.3 Å². The van der Waals surface area contributed by atoms with E-state index in [2.05, 4.69) is 42.4 Å². The molecule has 0 saturated heterocycles. The van der Waals surface area contributed by atoms with Crippen molar-refractivity contribution < 1.29 is 0 Å². The fourth-order valence-electron chi connectivity index (χ4n) is 1.38. The first kappa shape index (κ1) is 13.8. The first-order valence-corrected chi connectivity index (χ1v) is 7.79. The Balaban J connectivity index is 2.56. The number of hydrogen-bond donors (Lipinski definition) is 1. The van der Waals surface area contributed by atoms with Gasteiger partial charge in [-0.2, -0.15) is 11.8 Å². The summed E-state index contributed by atoms with van der Waals surface area (Å²) in [4.78, 5) is 8.01. The van der Waals surface area contributed by atoms with Gasteiger partial charge in [0.1, 0.15) is 0 Å². The van der Waals surface area contributed by atoms with E-state index in [1.165, 1.54) is 4.88 Å². The molecule has 1 atom stereocenters. The molecule has 16 heavy (non-hydrogen) atoms. The maximum atomic E-state index is 4.47. The maximum Gasteiger partial charge on any atom is 0.185 e. The summed E-state index contributed by atoms with van der Waals surface area (Å²) in [6.07, 6.45) is 4.12. The highest BCUT2D eigenvalue weighted by atomic mass is 32.2. The highest BCUT2D eigenvalue weighted by Gasteiger charge is 2.10. The van der Waals surface area contributed by atoms with Crippen LogP contribution in [0.4, 0.5) is 5.13 Å². The van der Waals surface area contributed by atoms with Crippen LogP contribution in [0.5, 0.6) is 0 Å². The molecule has 0 fully saturated rings. The fourth-order valence-corrected chi connectivity index (χ4v) is 2.77. The lowest BCUT2D eigenvalue weighted by Gasteiger charge is -2.14. The van der Waals surface area contributed by atoms with Gasteiger partial charge in [0.25, 0.3) is 0 Å². The van der Waals surface area contributed by atoms with Gasteiger partial charge in [0.05, 0.1) is 0 Å². The summed E-state index contributed by atoms with van der Waals surface area (Å²) in [5, 5.41) is 4.52. The van der Waals surface area contributed by atoms with Crippen LogP contribution in [-0.4, -0.2) is 37.1 Å². The molecule has 1 unspecified atom stereocenters. The number of thiazole rings is 1. The van der Waals surface area contributed by atoms with Crippen LogP contribution in [0.3, 0.4) is 0 Å². The number of anilines is 1. The number of rotatable bonds is 7. The Kier molecular flexibility index (Phi) is 6.16. The van der Waals surface area contributed by atoms with Crippen molar-refractivity contribution in [3.8, 4) is 0 Å². The van der Waals surface area contributed by atoms with Gasteiger partial charge in [-0.3, -0.25) is 0 Å². The van der Waals surface area contributed by atoms with Gasteiger partial charge in [0.15, 0.2) is 5.13 Å². The van der Waals surface area contributed by atoms with E-state index >= 15 is 0 Å². The van der Waals surface area contributed by atoms with Crippen LogP contribution in [0.15, 0.2) is 6.20 Å². The first-order valence-electron chi connectivity index (χ1n) is 5.58. The molecule has 0 aliphatic rings. The Bertz CT molecular complexity index is 301.